The van der Waals surface area contributed by atoms with Gasteiger partial charge in [-0.15, -0.1) is 5.10 Å². The molecule has 2 heterocycles. The van der Waals surface area contributed by atoms with Crippen LogP contribution < -0.4 is 0 Å². The molecular formula is C17H17N3O2S. The van der Waals surface area contributed by atoms with E-state index in [1.165, 1.54) is 18.0 Å². The number of amides is 1. The molecule has 118 valence electrons. The van der Waals surface area contributed by atoms with Crippen molar-refractivity contribution in [3.8, 4) is 0 Å². The summed E-state index contributed by atoms with van der Waals surface area (Å²) in [4.78, 5) is 14.2. The SMILES string of the molecule is CC[C@H]1S/C(=N\N=C/c2ccco2)N(Cc2ccccc2)C1=O. The van der Waals surface area contributed by atoms with Crippen molar-refractivity contribution in [1.82, 2.24) is 4.90 Å². The maximum Gasteiger partial charge on any atom is 0.242 e. The number of thioether (sulfide) groups is 1. The third-order valence-electron chi connectivity index (χ3n) is 3.45. The number of hydrogen-bond donors (Lipinski definition) is 0. The standard InChI is InChI=1S/C17H17N3O2S/c1-2-15-16(21)20(12-13-7-4-3-5-8-13)17(23-15)19-18-11-14-9-6-10-22-14/h3-11,15H,2,12H2,1H3/b18-11-,19-17-/t15-/m1/s1. The van der Waals surface area contributed by atoms with Crippen LogP contribution >= 0.6 is 11.8 Å². The van der Waals surface area contributed by atoms with Gasteiger partial charge in [-0.2, -0.15) is 5.10 Å². The molecule has 1 saturated heterocycles. The molecule has 5 nitrogen and oxygen atoms in total. The molecular weight excluding hydrogens is 310 g/mol. The van der Waals surface area contributed by atoms with Crippen molar-refractivity contribution in [2.24, 2.45) is 10.2 Å². The van der Waals surface area contributed by atoms with Crippen molar-refractivity contribution in [2.75, 3.05) is 0 Å². The highest BCUT2D eigenvalue weighted by Gasteiger charge is 2.36. The lowest BCUT2D eigenvalue weighted by Crippen LogP contribution is -2.31. The number of benzene rings is 1. The maximum absolute atomic E-state index is 12.5. The number of rotatable bonds is 5. The van der Waals surface area contributed by atoms with Gasteiger partial charge in [-0.3, -0.25) is 9.69 Å². The first kappa shape index (κ1) is 15.6. The molecule has 2 aromatic rings. The zero-order valence-corrected chi connectivity index (χ0v) is 13.6. The molecule has 6 heteroatoms. The number of carbonyl (C=O) groups is 1. The minimum atomic E-state index is -0.0868. The zero-order valence-electron chi connectivity index (χ0n) is 12.8. The van der Waals surface area contributed by atoms with E-state index < -0.39 is 0 Å². The summed E-state index contributed by atoms with van der Waals surface area (Å²) in [5.41, 5.74) is 1.07. The average molecular weight is 327 g/mol. The Bertz CT molecular complexity index is 711. The fourth-order valence-corrected chi connectivity index (χ4v) is 3.28. The second kappa shape index (κ2) is 7.28. The van der Waals surface area contributed by atoms with Gasteiger partial charge in [0.25, 0.3) is 0 Å². The predicted octanol–water partition coefficient (Wildman–Crippen LogP) is 3.52. The van der Waals surface area contributed by atoms with Crippen molar-refractivity contribution < 1.29 is 9.21 Å². The van der Waals surface area contributed by atoms with Gasteiger partial charge in [0.15, 0.2) is 5.17 Å². The van der Waals surface area contributed by atoms with Crippen LogP contribution in [-0.4, -0.2) is 27.4 Å². The lowest BCUT2D eigenvalue weighted by Gasteiger charge is -2.15. The molecule has 1 amide bonds. The third kappa shape index (κ3) is 3.71. The molecule has 1 aromatic heterocycles. The molecule has 1 aromatic carbocycles. The Morgan fingerprint density at radius 2 is 2.09 bits per heavy atom. The zero-order chi connectivity index (χ0) is 16.1. The molecule has 1 fully saturated rings. The summed E-state index contributed by atoms with van der Waals surface area (Å²) < 4.78 is 5.18. The fourth-order valence-electron chi connectivity index (χ4n) is 2.26. The van der Waals surface area contributed by atoms with Gasteiger partial charge in [0.05, 0.1) is 24.3 Å². The number of hydrogen-bond acceptors (Lipinski definition) is 5. The molecule has 0 N–H and O–H groups in total. The molecule has 1 aliphatic rings. The van der Waals surface area contributed by atoms with Crippen LogP contribution in [0.4, 0.5) is 0 Å². The van der Waals surface area contributed by atoms with Crippen LogP contribution in [0.1, 0.15) is 24.7 Å². The third-order valence-corrected chi connectivity index (χ3v) is 4.78. The summed E-state index contributed by atoms with van der Waals surface area (Å²) in [6.07, 6.45) is 3.89. The van der Waals surface area contributed by atoms with Gasteiger partial charge in [0.2, 0.25) is 5.91 Å². The van der Waals surface area contributed by atoms with E-state index >= 15 is 0 Å². The van der Waals surface area contributed by atoms with Crippen molar-refractivity contribution >= 4 is 29.1 Å². The summed E-state index contributed by atoms with van der Waals surface area (Å²) in [7, 11) is 0. The Hall–Kier alpha value is -2.34. The highest BCUT2D eigenvalue weighted by Crippen LogP contribution is 2.30. The van der Waals surface area contributed by atoms with Gasteiger partial charge < -0.3 is 4.42 Å². The van der Waals surface area contributed by atoms with Crippen LogP contribution in [0.15, 0.2) is 63.3 Å². The van der Waals surface area contributed by atoms with Crippen LogP contribution in [0, 0.1) is 0 Å². The Morgan fingerprint density at radius 3 is 2.78 bits per heavy atom. The molecule has 0 radical (unpaired) electrons. The van der Waals surface area contributed by atoms with Crippen LogP contribution in [0.3, 0.4) is 0 Å². The minimum absolute atomic E-state index is 0.0868. The van der Waals surface area contributed by atoms with E-state index in [0.717, 1.165) is 12.0 Å². The number of carbonyl (C=O) groups excluding carboxylic acids is 1. The summed E-state index contributed by atoms with van der Waals surface area (Å²) in [5, 5.41) is 8.81. The normalized spacial score (nSPS) is 20.0. The van der Waals surface area contributed by atoms with Gasteiger partial charge in [-0.1, -0.05) is 49.0 Å². The maximum atomic E-state index is 12.5. The Balaban J connectivity index is 1.79. The van der Waals surface area contributed by atoms with E-state index in [0.29, 0.717) is 17.5 Å². The first-order valence-corrected chi connectivity index (χ1v) is 8.32. The first-order chi connectivity index (χ1) is 11.3. The van der Waals surface area contributed by atoms with E-state index in [1.807, 2.05) is 37.3 Å². The molecule has 0 unspecified atom stereocenters. The van der Waals surface area contributed by atoms with E-state index in [2.05, 4.69) is 10.2 Å². The fraction of sp³-hybridized carbons (Fsp3) is 0.235. The van der Waals surface area contributed by atoms with Crippen molar-refractivity contribution in [3.63, 3.8) is 0 Å². The van der Waals surface area contributed by atoms with Crippen molar-refractivity contribution in [1.29, 1.82) is 0 Å². The van der Waals surface area contributed by atoms with E-state index in [-0.39, 0.29) is 11.2 Å². The van der Waals surface area contributed by atoms with Gasteiger partial charge in [0, 0.05) is 0 Å². The second-order valence-electron chi connectivity index (χ2n) is 5.07. The largest absolute Gasteiger partial charge is 0.463 e. The average Bonchev–Trinajstić information content (AvgIpc) is 3.19. The van der Waals surface area contributed by atoms with Gasteiger partial charge in [-0.05, 0) is 24.1 Å². The summed E-state index contributed by atoms with van der Waals surface area (Å²) in [6.45, 7) is 2.52. The van der Waals surface area contributed by atoms with Gasteiger partial charge in [0.1, 0.15) is 5.76 Å². The van der Waals surface area contributed by atoms with Gasteiger partial charge in [-0.25, -0.2) is 0 Å². The molecule has 0 saturated carbocycles. The highest BCUT2D eigenvalue weighted by atomic mass is 32.2. The Kier molecular flexibility index (Phi) is 4.92. The summed E-state index contributed by atoms with van der Waals surface area (Å²) in [6, 6.07) is 13.5. The smallest absolute Gasteiger partial charge is 0.242 e. The Morgan fingerprint density at radius 1 is 1.26 bits per heavy atom. The number of nitrogens with zero attached hydrogens (tertiary/aromatic N) is 3. The summed E-state index contributed by atoms with van der Waals surface area (Å²) >= 11 is 1.47. The number of amidine groups is 1. The van der Waals surface area contributed by atoms with Gasteiger partial charge >= 0.3 is 0 Å². The number of furan rings is 1. The van der Waals surface area contributed by atoms with Crippen molar-refractivity contribution in [3.05, 3.63) is 60.1 Å². The molecule has 0 aliphatic carbocycles. The lowest BCUT2D eigenvalue weighted by atomic mass is 10.2. The highest BCUT2D eigenvalue weighted by molar-refractivity contribution is 8.15. The van der Waals surface area contributed by atoms with E-state index in [9.17, 15) is 4.79 Å². The molecule has 1 aliphatic heterocycles. The molecule has 3 rings (SSSR count). The topological polar surface area (TPSA) is 58.2 Å². The first-order valence-electron chi connectivity index (χ1n) is 7.44. The molecule has 0 bridgehead atoms. The molecule has 0 spiro atoms. The minimum Gasteiger partial charge on any atom is -0.463 e. The van der Waals surface area contributed by atoms with Crippen LogP contribution in [0.5, 0.6) is 0 Å². The van der Waals surface area contributed by atoms with Crippen LogP contribution in [-0.2, 0) is 11.3 Å². The quantitative estimate of drug-likeness (QED) is 0.623. The van der Waals surface area contributed by atoms with E-state index in [4.69, 9.17) is 4.42 Å². The predicted molar refractivity (Wildman–Crippen MR) is 92.4 cm³/mol. The molecule has 23 heavy (non-hydrogen) atoms. The van der Waals surface area contributed by atoms with Crippen LogP contribution in [0.2, 0.25) is 0 Å². The lowest BCUT2D eigenvalue weighted by molar-refractivity contribution is -0.126. The Labute approximate surface area is 139 Å². The second-order valence-corrected chi connectivity index (χ2v) is 6.24. The van der Waals surface area contributed by atoms with Crippen LogP contribution in [0.25, 0.3) is 0 Å². The summed E-state index contributed by atoms with van der Waals surface area (Å²) in [5.74, 6) is 0.721. The monoisotopic (exact) mass is 327 g/mol. The molecule has 1 atom stereocenters. The van der Waals surface area contributed by atoms with Crippen molar-refractivity contribution in [2.45, 2.75) is 25.1 Å². The van der Waals surface area contributed by atoms with E-state index in [1.54, 1.807) is 23.3 Å².